The number of nitrogens with zero attached hydrogens (tertiary/aromatic N) is 1. The summed E-state index contributed by atoms with van der Waals surface area (Å²) in [5.74, 6) is -0.616. The van der Waals surface area contributed by atoms with Crippen molar-refractivity contribution < 1.29 is 19.1 Å². The quantitative estimate of drug-likeness (QED) is 0.533. The van der Waals surface area contributed by atoms with E-state index in [1.807, 2.05) is 24.3 Å². The Morgan fingerprint density at radius 3 is 2.48 bits per heavy atom. The van der Waals surface area contributed by atoms with Gasteiger partial charge in [-0.1, -0.05) is 15.9 Å². The van der Waals surface area contributed by atoms with Crippen LogP contribution in [0.3, 0.4) is 0 Å². The molecule has 1 fully saturated rings. The van der Waals surface area contributed by atoms with Crippen LogP contribution in [0.2, 0.25) is 0 Å². The molecule has 0 aliphatic carbocycles. The van der Waals surface area contributed by atoms with Gasteiger partial charge in [0.15, 0.2) is 0 Å². The SMILES string of the molecule is CC(C)(C)OC(=O)N1CCC[C@H]1C(=O)NCC(=O)NCCNc1ccc(Br)cc1. The third-order valence-electron chi connectivity index (χ3n) is 4.23. The van der Waals surface area contributed by atoms with Crippen molar-refractivity contribution in [2.75, 3.05) is 31.5 Å². The van der Waals surface area contributed by atoms with Crippen molar-refractivity contribution in [1.82, 2.24) is 15.5 Å². The van der Waals surface area contributed by atoms with Crippen LogP contribution in [0.5, 0.6) is 0 Å². The second kappa shape index (κ2) is 10.5. The third-order valence-corrected chi connectivity index (χ3v) is 4.76. The molecule has 1 saturated heterocycles. The molecule has 3 amide bonds. The Morgan fingerprint density at radius 2 is 1.83 bits per heavy atom. The van der Waals surface area contributed by atoms with Gasteiger partial charge >= 0.3 is 6.09 Å². The molecule has 1 heterocycles. The topological polar surface area (TPSA) is 99.8 Å². The Balaban J connectivity index is 1.68. The number of amides is 3. The number of carbonyl (C=O) groups is 3. The van der Waals surface area contributed by atoms with Crippen LogP contribution in [-0.2, 0) is 14.3 Å². The number of rotatable bonds is 7. The molecule has 1 aromatic carbocycles. The molecule has 1 aliphatic rings. The van der Waals surface area contributed by atoms with Crippen LogP contribution in [0, 0.1) is 0 Å². The van der Waals surface area contributed by atoms with Gasteiger partial charge in [0.2, 0.25) is 11.8 Å². The van der Waals surface area contributed by atoms with Gasteiger partial charge in [-0.25, -0.2) is 4.79 Å². The van der Waals surface area contributed by atoms with Gasteiger partial charge in [0.05, 0.1) is 6.54 Å². The molecule has 1 atom stereocenters. The van der Waals surface area contributed by atoms with Crippen molar-refractivity contribution in [3.05, 3.63) is 28.7 Å². The fourth-order valence-electron chi connectivity index (χ4n) is 2.90. The number of ether oxygens (including phenoxy) is 1. The third kappa shape index (κ3) is 7.92. The van der Waals surface area contributed by atoms with Crippen molar-refractivity contribution in [3.8, 4) is 0 Å². The summed E-state index contributed by atoms with van der Waals surface area (Å²) in [5, 5.41) is 8.55. The molecule has 0 unspecified atom stereocenters. The highest BCUT2D eigenvalue weighted by molar-refractivity contribution is 9.10. The fourth-order valence-corrected chi connectivity index (χ4v) is 3.17. The number of halogens is 1. The highest BCUT2D eigenvalue weighted by Gasteiger charge is 2.36. The number of benzene rings is 1. The molecule has 9 heteroatoms. The second-order valence-electron chi connectivity index (χ2n) is 7.83. The van der Waals surface area contributed by atoms with Crippen LogP contribution >= 0.6 is 15.9 Å². The molecule has 0 spiro atoms. The molecule has 1 aliphatic heterocycles. The minimum Gasteiger partial charge on any atom is -0.444 e. The van der Waals surface area contributed by atoms with E-state index in [1.165, 1.54) is 4.90 Å². The standard InChI is InChI=1S/C20H29BrN4O4/c1-20(2,3)29-19(28)25-12-4-5-16(25)18(27)24-13-17(26)23-11-10-22-15-8-6-14(21)7-9-15/h6-9,16,22H,4-5,10-13H2,1-3H3,(H,23,26)(H,24,27)/t16-/m0/s1. The summed E-state index contributed by atoms with van der Waals surface area (Å²) in [6, 6.07) is 7.13. The largest absolute Gasteiger partial charge is 0.444 e. The minimum absolute atomic E-state index is 0.129. The Labute approximate surface area is 179 Å². The predicted octanol–water partition coefficient (Wildman–Crippen LogP) is 2.49. The van der Waals surface area contributed by atoms with Gasteiger partial charge in [-0.2, -0.15) is 0 Å². The molecule has 29 heavy (non-hydrogen) atoms. The highest BCUT2D eigenvalue weighted by Crippen LogP contribution is 2.21. The summed E-state index contributed by atoms with van der Waals surface area (Å²) in [6.45, 7) is 6.69. The van der Waals surface area contributed by atoms with E-state index in [2.05, 4.69) is 31.9 Å². The van der Waals surface area contributed by atoms with Gasteiger partial charge in [0, 0.05) is 29.8 Å². The van der Waals surface area contributed by atoms with Gasteiger partial charge in [0.25, 0.3) is 0 Å². The van der Waals surface area contributed by atoms with E-state index in [-0.39, 0.29) is 18.4 Å². The first-order valence-electron chi connectivity index (χ1n) is 9.69. The van der Waals surface area contributed by atoms with Gasteiger partial charge in [-0.05, 0) is 57.9 Å². The van der Waals surface area contributed by atoms with E-state index >= 15 is 0 Å². The summed E-state index contributed by atoms with van der Waals surface area (Å²) in [4.78, 5) is 38.1. The molecule has 3 N–H and O–H groups in total. The average Bonchev–Trinajstić information content (AvgIpc) is 3.13. The molecule has 0 radical (unpaired) electrons. The Kier molecular flexibility index (Phi) is 8.31. The first kappa shape index (κ1) is 23.0. The van der Waals surface area contributed by atoms with E-state index in [9.17, 15) is 14.4 Å². The first-order chi connectivity index (χ1) is 13.7. The number of hydrogen-bond donors (Lipinski definition) is 3. The van der Waals surface area contributed by atoms with Crippen LogP contribution in [0.15, 0.2) is 28.7 Å². The summed E-state index contributed by atoms with van der Waals surface area (Å²) >= 11 is 3.38. The van der Waals surface area contributed by atoms with Crippen molar-refractivity contribution >= 4 is 39.5 Å². The summed E-state index contributed by atoms with van der Waals surface area (Å²) in [6.07, 6.45) is 0.785. The molecular weight excluding hydrogens is 440 g/mol. The Hall–Kier alpha value is -2.29. The summed E-state index contributed by atoms with van der Waals surface area (Å²) < 4.78 is 6.35. The van der Waals surface area contributed by atoms with Crippen LogP contribution in [0.1, 0.15) is 33.6 Å². The van der Waals surface area contributed by atoms with Crippen molar-refractivity contribution in [1.29, 1.82) is 0 Å². The minimum atomic E-state index is -0.620. The molecule has 2 rings (SSSR count). The van der Waals surface area contributed by atoms with Gasteiger partial charge < -0.3 is 20.7 Å². The van der Waals surface area contributed by atoms with E-state index in [0.717, 1.165) is 16.6 Å². The van der Waals surface area contributed by atoms with Crippen LogP contribution < -0.4 is 16.0 Å². The maximum absolute atomic E-state index is 12.4. The monoisotopic (exact) mass is 468 g/mol. The van der Waals surface area contributed by atoms with E-state index in [1.54, 1.807) is 20.8 Å². The first-order valence-corrected chi connectivity index (χ1v) is 10.5. The lowest BCUT2D eigenvalue weighted by molar-refractivity contribution is -0.128. The molecular formula is C20H29BrN4O4. The molecule has 1 aromatic rings. The second-order valence-corrected chi connectivity index (χ2v) is 8.75. The lowest BCUT2D eigenvalue weighted by atomic mass is 10.2. The maximum Gasteiger partial charge on any atom is 0.410 e. The van der Waals surface area contributed by atoms with Gasteiger partial charge in [-0.3, -0.25) is 14.5 Å². The Bertz CT molecular complexity index is 718. The normalized spacial score (nSPS) is 16.3. The lowest BCUT2D eigenvalue weighted by Gasteiger charge is -2.28. The van der Waals surface area contributed by atoms with Crippen LogP contribution in [-0.4, -0.2) is 60.6 Å². The van der Waals surface area contributed by atoms with E-state index in [0.29, 0.717) is 26.1 Å². The average molecular weight is 469 g/mol. The molecule has 0 aromatic heterocycles. The Morgan fingerprint density at radius 1 is 1.14 bits per heavy atom. The van der Waals surface area contributed by atoms with Crippen molar-refractivity contribution in [2.24, 2.45) is 0 Å². The van der Waals surface area contributed by atoms with Crippen molar-refractivity contribution in [2.45, 2.75) is 45.3 Å². The van der Waals surface area contributed by atoms with E-state index in [4.69, 9.17) is 4.74 Å². The zero-order valence-corrected chi connectivity index (χ0v) is 18.7. The van der Waals surface area contributed by atoms with Gasteiger partial charge in [0.1, 0.15) is 11.6 Å². The van der Waals surface area contributed by atoms with Crippen molar-refractivity contribution in [3.63, 3.8) is 0 Å². The number of anilines is 1. The zero-order valence-electron chi connectivity index (χ0n) is 17.1. The zero-order chi connectivity index (χ0) is 21.4. The van der Waals surface area contributed by atoms with Crippen LogP contribution in [0.4, 0.5) is 10.5 Å². The van der Waals surface area contributed by atoms with Gasteiger partial charge in [-0.15, -0.1) is 0 Å². The summed E-state index contributed by atoms with van der Waals surface area (Å²) in [7, 11) is 0. The highest BCUT2D eigenvalue weighted by atomic mass is 79.9. The smallest absolute Gasteiger partial charge is 0.410 e. The molecule has 160 valence electrons. The number of hydrogen-bond acceptors (Lipinski definition) is 5. The number of nitrogens with one attached hydrogen (secondary N) is 3. The summed E-state index contributed by atoms with van der Waals surface area (Å²) in [5.41, 5.74) is 0.337. The molecule has 0 bridgehead atoms. The molecule has 0 saturated carbocycles. The predicted molar refractivity (Wildman–Crippen MR) is 115 cm³/mol. The maximum atomic E-state index is 12.4. The fraction of sp³-hybridized carbons (Fsp3) is 0.550. The lowest BCUT2D eigenvalue weighted by Crippen LogP contribution is -2.49. The van der Waals surface area contributed by atoms with Crippen LogP contribution in [0.25, 0.3) is 0 Å². The number of carbonyl (C=O) groups excluding carboxylic acids is 3. The van der Waals surface area contributed by atoms with E-state index < -0.39 is 17.7 Å². The number of likely N-dealkylation sites (tertiary alicyclic amines) is 1. The molecule has 8 nitrogen and oxygen atoms in total.